The molecule has 2 N–H and O–H groups in total. The van der Waals surface area contributed by atoms with Crippen LogP contribution in [0.15, 0.2) is 54.6 Å². The lowest BCUT2D eigenvalue weighted by atomic mass is 10.0. The van der Waals surface area contributed by atoms with Crippen molar-refractivity contribution in [2.24, 2.45) is 0 Å². The highest BCUT2D eigenvalue weighted by molar-refractivity contribution is 5.85. The molecule has 184 valence electrons. The number of likely N-dealkylation sites (N-methyl/N-ethyl adjacent to an activating group) is 1. The molecule has 2 rings (SSSR count). The lowest BCUT2D eigenvalue weighted by molar-refractivity contribution is -0.170. The molecule has 0 unspecified atom stereocenters. The second kappa shape index (κ2) is 12.6. The van der Waals surface area contributed by atoms with Crippen LogP contribution < -0.4 is 10.6 Å². The molecule has 0 bridgehead atoms. The van der Waals surface area contributed by atoms with Gasteiger partial charge in [0, 0.05) is 20.0 Å². The Morgan fingerprint density at radius 3 is 2.12 bits per heavy atom. The zero-order chi connectivity index (χ0) is 25.1. The Hall–Kier alpha value is -3.59. The predicted molar refractivity (Wildman–Crippen MR) is 127 cm³/mol. The van der Waals surface area contributed by atoms with Gasteiger partial charge in [-0.1, -0.05) is 54.6 Å². The summed E-state index contributed by atoms with van der Waals surface area (Å²) in [5.41, 5.74) is 1.94. The molecule has 0 saturated heterocycles. The van der Waals surface area contributed by atoms with Crippen LogP contribution in [0.25, 0.3) is 0 Å². The minimum Gasteiger partial charge on any atom is -0.445 e. The van der Waals surface area contributed by atoms with E-state index in [2.05, 4.69) is 10.6 Å². The summed E-state index contributed by atoms with van der Waals surface area (Å²) in [4.78, 5) is 41.9. The van der Waals surface area contributed by atoms with E-state index >= 15 is 0 Å². The van der Waals surface area contributed by atoms with Gasteiger partial charge in [0.25, 0.3) is 5.91 Å². The molecule has 2 aromatic rings. The first-order chi connectivity index (χ1) is 16.1. The van der Waals surface area contributed by atoms with E-state index in [-0.39, 0.29) is 13.0 Å². The number of hydroxylamine groups is 2. The van der Waals surface area contributed by atoms with E-state index in [0.717, 1.165) is 21.8 Å². The Balaban J connectivity index is 1.97. The third-order valence-electron chi connectivity index (χ3n) is 4.69. The quantitative estimate of drug-likeness (QED) is 0.542. The summed E-state index contributed by atoms with van der Waals surface area (Å²) in [6.07, 6.45) is -0.972. The highest BCUT2D eigenvalue weighted by Gasteiger charge is 2.25. The Morgan fingerprint density at radius 1 is 0.912 bits per heavy atom. The van der Waals surface area contributed by atoms with E-state index in [1.165, 1.54) is 14.2 Å². The topological polar surface area (TPSA) is 106 Å². The molecule has 0 fully saturated rings. The SMILES string of the molecule is CON(C)C(=O)[C@H](Cc1ccc(CNC(=O)OC(C)(C)C)cc1)NC(=O)OCc1ccccc1. The van der Waals surface area contributed by atoms with Crippen LogP contribution in [-0.4, -0.2) is 49.0 Å². The maximum Gasteiger partial charge on any atom is 0.408 e. The first-order valence-electron chi connectivity index (χ1n) is 10.9. The summed E-state index contributed by atoms with van der Waals surface area (Å²) in [5.74, 6) is -0.421. The van der Waals surface area contributed by atoms with Gasteiger partial charge in [-0.2, -0.15) is 0 Å². The number of rotatable bonds is 9. The Morgan fingerprint density at radius 2 is 1.53 bits per heavy atom. The zero-order valence-electron chi connectivity index (χ0n) is 20.3. The van der Waals surface area contributed by atoms with Gasteiger partial charge in [0.05, 0.1) is 7.11 Å². The van der Waals surface area contributed by atoms with Gasteiger partial charge in [-0.25, -0.2) is 14.7 Å². The maximum atomic E-state index is 12.7. The van der Waals surface area contributed by atoms with Crippen LogP contribution in [0.3, 0.4) is 0 Å². The molecule has 0 aromatic heterocycles. The van der Waals surface area contributed by atoms with Gasteiger partial charge in [-0.05, 0) is 37.5 Å². The third-order valence-corrected chi connectivity index (χ3v) is 4.69. The van der Waals surface area contributed by atoms with Crippen molar-refractivity contribution in [3.05, 3.63) is 71.3 Å². The van der Waals surface area contributed by atoms with Gasteiger partial charge < -0.3 is 20.1 Å². The molecule has 9 nitrogen and oxygen atoms in total. The summed E-state index contributed by atoms with van der Waals surface area (Å²) in [6.45, 7) is 5.78. The first kappa shape index (κ1) is 26.7. The number of amides is 3. The standard InChI is InChI=1S/C25H33N3O6/c1-25(2,3)34-23(30)26-16-19-13-11-18(12-14-19)15-21(22(29)28(4)32-5)27-24(31)33-17-20-9-7-6-8-10-20/h6-14,21H,15-17H2,1-5H3,(H,26,30)(H,27,31)/t21-/m0/s1. The van der Waals surface area contributed by atoms with Crippen molar-refractivity contribution < 1.29 is 28.7 Å². The van der Waals surface area contributed by atoms with Crippen molar-refractivity contribution in [1.82, 2.24) is 15.7 Å². The van der Waals surface area contributed by atoms with E-state index < -0.39 is 29.7 Å². The molecule has 0 heterocycles. The smallest absolute Gasteiger partial charge is 0.408 e. The van der Waals surface area contributed by atoms with Gasteiger partial charge in [-0.15, -0.1) is 0 Å². The van der Waals surface area contributed by atoms with Crippen LogP contribution in [0.1, 0.15) is 37.5 Å². The highest BCUT2D eigenvalue weighted by Crippen LogP contribution is 2.11. The fraction of sp³-hybridized carbons (Fsp3) is 0.400. The van der Waals surface area contributed by atoms with E-state index in [9.17, 15) is 14.4 Å². The lowest BCUT2D eigenvalue weighted by Crippen LogP contribution is -2.48. The van der Waals surface area contributed by atoms with Crippen molar-refractivity contribution >= 4 is 18.1 Å². The average Bonchev–Trinajstić information content (AvgIpc) is 2.80. The minimum absolute atomic E-state index is 0.0903. The summed E-state index contributed by atoms with van der Waals surface area (Å²) in [6, 6.07) is 15.7. The fourth-order valence-corrected chi connectivity index (χ4v) is 2.93. The van der Waals surface area contributed by atoms with E-state index in [4.69, 9.17) is 14.3 Å². The molecule has 0 aliphatic heterocycles. The summed E-state index contributed by atoms with van der Waals surface area (Å²) >= 11 is 0. The molecular formula is C25H33N3O6. The molecular weight excluding hydrogens is 438 g/mol. The van der Waals surface area contributed by atoms with E-state index in [1.54, 1.807) is 20.8 Å². The Bertz CT molecular complexity index is 941. The molecule has 1 atom stereocenters. The number of hydrogen-bond acceptors (Lipinski definition) is 6. The first-order valence-corrected chi connectivity index (χ1v) is 10.9. The summed E-state index contributed by atoms with van der Waals surface area (Å²) in [7, 11) is 2.84. The number of nitrogens with zero attached hydrogens (tertiary/aromatic N) is 1. The lowest BCUT2D eigenvalue weighted by Gasteiger charge is -2.23. The number of carbonyl (C=O) groups is 3. The van der Waals surface area contributed by atoms with Crippen LogP contribution in [0.4, 0.5) is 9.59 Å². The van der Waals surface area contributed by atoms with E-state index in [0.29, 0.717) is 6.54 Å². The van der Waals surface area contributed by atoms with Gasteiger partial charge in [0.15, 0.2) is 0 Å². The van der Waals surface area contributed by atoms with E-state index in [1.807, 2.05) is 54.6 Å². The predicted octanol–water partition coefficient (Wildman–Crippen LogP) is 3.57. The Kier molecular flexibility index (Phi) is 9.88. The average molecular weight is 472 g/mol. The molecule has 34 heavy (non-hydrogen) atoms. The third kappa shape index (κ3) is 9.50. The van der Waals surface area contributed by atoms with Gasteiger partial charge in [-0.3, -0.25) is 9.63 Å². The summed E-state index contributed by atoms with van der Waals surface area (Å²) in [5, 5.41) is 6.38. The molecule has 0 aliphatic rings. The molecule has 9 heteroatoms. The maximum absolute atomic E-state index is 12.7. The van der Waals surface area contributed by atoms with Crippen LogP contribution >= 0.6 is 0 Å². The largest absolute Gasteiger partial charge is 0.445 e. The minimum atomic E-state index is -0.890. The van der Waals surface area contributed by atoms with Crippen molar-refractivity contribution in [3.8, 4) is 0 Å². The fourth-order valence-electron chi connectivity index (χ4n) is 2.93. The van der Waals surface area contributed by atoms with Crippen LogP contribution in [0.2, 0.25) is 0 Å². The van der Waals surface area contributed by atoms with Crippen molar-refractivity contribution in [2.75, 3.05) is 14.2 Å². The van der Waals surface area contributed by atoms with Gasteiger partial charge in [0.1, 0.15) is 18.2 Å². The van der Waals surface area contributed by atoms with Crippen molar-refractivity contribution in [2.45, 2.75) is 52.0 Å². The molecule has 0 saturated carbocycles. The highest BCUT2D eigenvalue weighted by atomic mass is 16.7. The van der Waals surface area contributed by atoms with Crippen molar-refractivity contribution in [3.63, 3.8) is 0 Å². The van der Waals surface area contributed by atoms with Gasteiger partial charge >= 0.3 is 12.2 Å². The Labute approximate surface area is 200 Å². The normalized spacial score (nSPS) is 11.8. The number of benzene rings is 2. The number of nitrogens with one attached hydrogen (secondary N) is 2. The second-order valence-electron chi connectivity index (χ2n) is 8.65. The molecule has 0 spiro atoms. The van der Waals surface area contributed by atoms with Crippen LogP contribution in [-0.2, 0) is 38.7 Å². The van der Waals surface area contributed by atoms with Crippen LogP contribution in [0.5, 0.6) is 0 Å². The summed E-state index contributed by atoms with van der Waals surface area (Å²) < 4.78 is 10.5. The number of ether oxygens (including phenoxy) is 2. The number of alkyl carbamates (subject to hydrolysis) is 2. The molecule has 0 radical (unpaired) electrons. The van der Waals surface area contributed by atoms with Crippen molar-refractivity contribution in [1.29, 1.82) is 0 Å². The van der Waals surface area contributed by atoms with Crippen LogP contribution in [0, 0.1) is 0 Å². The zero-order valence-corrected chi connectivity index (χ0v) is 20.3. The van der Waals surface area contributed by atoms with Gasteiger partial charge in [0.2, 0.25) is 0 Å². The molecule has 2 aromatic carbocycles. The second-order valence-corrected chi connectivity index (χ2v) is 8.65. The monoisotopic (exact) mass is 471 g/mol. The number of hydrogen-bond donors (Lipinski definition) is 2. The molecule has 3 amide bonds. The number of carbonyl (C=O) groups excluding carboxylic acids is 3. The molecule has 0 aliphatic carbocycles.